The molecule has 3 nitrogen and oxygen atoms in total. The molecule has 0 saturated heterocycles. The third-order valence-corrected chi connectivity index (χ3v) is 2.26. The maximum Gasteiger partial charge on any atom is 0.303 e. The van der Waals surface area contributed by atoms with Crippen LogP contribution in [0.1, 0.15) is 33.3 Å². The van der Waals surface area contributed by atoms with Gasteiger partial charge in [0.2, 0.25) is 0 Å². The molecule has 0 atom stereocenters. The summed E-state index contributed by atoms with van der Waals surface area (Å²) in [6.07, 6.45) is 0. The quantitative estimate of drug-likeness (QED) is 0.735. The Kier molecular flexibility index (Phi) is 3.93. The maximum atomic E-state index is 11.0. The summed E-state index contributed by atoms with van der Waals surface area (Å²) >= 11 is 0. The molecule has 0 amide bonds. The van der Waals surface area contributed by atoms with E-state index in [4.69, 9.17) is 9.47 Å². The van der Waals surface area contributed by atoms with Gasteiger partial charge in [-0.15, -0.1) is 0 Å². The molecule has 3 heteroatoms. The highest BCUT2D eigenvalue weighted by Gasteiger charge is 2.23. The molecular formula is C13H18O3. The highest BCUT2D eigenvalue weighted by molar-refractivity contribution is 5.66. The summed E-state index contributed by atoms with van der Waals surface area (Å²) in [7, 11) is 0. The molecule has 0 saturated carbocycles. The Hall–Kier alpha value is -1.51. The van der Waals surface area contributed by atoms with E-state index in [1.807, 2.05) is 45.0 Å². The molecule has 0 unspecified atom stereocenters. The van der Waals surface area contributed by atoms with E-state index < -0.39 is 5.60 Å². The van der Waals surface area contributed by atoms with Gasteiger partial charge in [0.15, 0.2) is 0 Å². The molecule has 0 aromatic heterocycles. The van der Waals surface area contributed by atoms with Gasteiger partial charge in [0, 0.05) is 6.92 Å². The SMILES string of the molecule is CCOc1ccc(C(C)(C)OC(C)=O)cc1. The average molecular weight is 222 g/mol. The number of rotatable bonds is 4. The lowest BCUT2D eigenvalue weighted by atomic mass is 9.98. The number of hydrogen-bond donors (Lipinski definition) is 0. The van der Waals surface area contributed by atoms with Gasteiger partial charge in [0.25, 0.3) is 0 Å². The Morgan fingerprint density at radius 3 is 2.25 bits per heavy atom. The molecule has 0 aliphatic carbocycles. The lowest BCUT2D eigenvalue weighted by molar-refractivity contribution is -0.154. The minimum Gasteiger partial charge on any atom is -0.494 e. The first kappa shape index (κ1) is 12.6. The van der Waals surface area contributed by atoms with Crippen molar-refractivity contribution in [3.63, 3.8) is 0 Å². The summed E-state index contributed by atoms with van der Waals surface area (Å²) in [5, 5.41) is 0. The van der Waals surface area contributed by atoms with E-state index in [1.54, 1.807) is 0 Å². The zero-order valence-corrected chi connectivity index (χ0v) is 10.2. The van der Waals surface area contributed by atoms with Crippen molar-refractivity contribution in [2.24, 2.45) is 0 Å². The van der Waals surface area contributed by atoms with Crippen molar-refractivity contribution in [1.29, 1.82) is 0 Å². The molecule has 16 heavy (non-hydrogen) atoms. The number of hydrogen-bond acceptors (Lipinski definition) is 3. The number of ether oxygens (including phenoxy) is 2. The molecule has 88 valence electrons. The fourth-order valence-electron chi connectivity index (χ4n) is 1.54. The van der Waals surface area contributed by atoms with Gasteiger partial charge in [0.1, 0.15) is 11.4 Å². The second-order valence-electron chi connectivity index (χ2n) is 4.06. The van der Waals surface area contributed by atoms with Gasteiger partial charge in [-0.1, -0.05) is 12.1 Å². The van der Waals surface area contributed by atoms with Crippen molar-refractivity contribution in [2.45, 2.75) is 33.3 Å². The van der Waals surface area contributed by atoms with Crippen molar-refractivity contribution in [3.8, 4) is 5.75 Å². The Morgan fingerprint density at radius 2 is 1.81 bits per heavy atom. The van der Waals surface area contributed by atoms with Gasteiger partial charge in [-0.05, 0) is 38.5 Å². The lowest BCUT2D eigenvalue weighted by Gasteiger charge is -2.25. The van der Waals surface area contributed by atoms with E-state index >= 15 is 0 Å². The first-order valence-corrected chi connectivity index (χ1v) is 5.38. The Morgan fingerprint density at radius 1 is 1.25 bits per heavy atom. The topological polar surface area (TPSA) is 35.5 Å². The molecule has 0 heterocycles. The van der Waals surface area contributed by atoms with Crippen molar-refractivity contribution in [3.05, 3.63) is 29.8 Å². The normalized spacial score (nSPS) is 11.0. The molecule has 0 spiro atoms. The highest BCUT2D eigenvalue weighted by Crippen LogP contribution is 2.26. The molecule has 0 N–H and O–H groups in total. The van der Waals surface area contributed by atoms with E-state index in [2.05, 4.69) is 0 Å². The zero-order valence-electron chi connectivity index (χ0n) is 10.2. The van der Waals surface area contributed by atoms with Gasteiger partial charge in [0.05, 0.1) is 6.61 Å². The molecule has 1 rings (SSSR count). The molecule has 1 aromatic rings. The smallest absolute Gasteiger partial charge is 0.303 e. The van der Waals surface area contributed by atoms with Crippen LogP contribution in [0.15, 0.2) is 24.3 Å². The first-order chi connectivity index (χ1) is 7.45. The van der Waals surface area contributed by atoms with Crippen LogP contribution in [0.3, 0.4) is 0 Å². The van der Waals surface area contributed by atoms with Crippen molar-refractivity contribution in [1.82, 2.24) is 0 Å². The standard InChI is InChI=1S/C13H18O3/c1-5-15-12-8-6-11(7-9-12)13(3,4)16-10(2)14/h6-9H,5H2,1-4H3. The number of esters is 1. The molecule has 0 radical (unpaired) electrons. The minimum atomic E-state index is -0.601. The van der Waals surface area contributed by atoms with Gasteiger partial charge in [-0.2, -0.15) is 0 Å². The molecule has 0 aliphatic heterocycles. The molecular weight excluding hydrogens is 204 g/mol. The Labute approximate surface area is 96.4 Å². The third-order valence-electron chi connectivity index (χ3n) is 2.26. The molecule has 0 bridgehead atoms. The van der Waals surface area contributed by atoms with Gasteiger partial charge >= 0.3 is 5.97 Å². The molecule has 0 fully saturated rings. The van der Waals surface area contributed by atoms with Gasteiger partial charge in [-0.3, -0.25) is 4.79 Å². The summed E-state index contributed by atoms with van der Waals surface area (Å²) in [4.78, 5) is 11.0. The fraction of sp³-hybridized carbons (Fsp3) is 0.462. The Bertz CT molecular complexity index is 352. The summed E-state index contributed by atoms with van der Waals surface area (Å²) < 4.78 is 10.6. The zero-order chi connectivity index (χ0) is 12.2. The van der Waals surface area contributed by atoms with Crippen LogP contribution < -0.4 is 4.74 Å². The molecule has 0 aliphatic rings. The third kappa shape index (κ3) is 3.26. The predicted octanol–water partition coefficient (Wildman–Crippen LogP) is 2.88. The summed E-state index contributed by atoms with van der Waals surface area (Å²) in [5.41, 5.74) is 0.350. The van der Waals surface area contributed by atoms with Crippen LogP contribution in [0.25, 0.3) is 0 Å². The van der Waals surface area contributed by atoms with Crippen LogP contribution in [-0.2, 0) is 15.1 Å². The van der Waals surface area contributed by atoms with Crippen LogP contribution in [0.5, 0.6) is 5.75 Å². The van der Waals surface area contributed by atoms with E-state index in [0.29, 0.717) is 6.61 Å². The number of carbonyl (C=O) groups excluding carboxylic acids is 1. The van der Waals surface area contributed by atoms with Crippen molar-refractivity contribution < 1.29 is 14.3 Å². The maximum absolute atomic E-state index is 11.0. The highest BCUT2D eigenvalue weighted by atomic mass is 16.6. The van der Waals surface area contributed by atoms with Gasteiger partial charge < -0.3 is 9.47 Å². The van der Waals surface area contributed by atoms with Crippen LogP contribution in [0.2, 0.25) is 0 Å². The monoisotopic (exact) mass is 222 g/mol. The van der Waals surface area contributed by atoms with E-state index in [9.17, 15) is 4.79 Å². The van der Waals surface area contributed by atoms with Crippen LogP contribution in [-0.4, -0.2) is 12.6 Å². The lowest BCUT2D eigenvalue weighted by Crippen LogP contribution is -2.24. The van der Waals surface area contributed by atoms with E-state index in [1.165, 1.54) is 6.92 Å². The second-order valence-corrected chi connectivity index (χ2v) is 4.06. The average Bonchev–Trinajstić information content (AvgIpc) is 2.17. The van der Waals surface area contributed by atoms with E-state index in [-0.39, 0.29) is 5.97 Å². The van der Waals surface area contributed by atoms with Crippen molar-refractivity contribution in [2.75, 3.05) is 6.61 Å². The van der Waals surface area contributed by atoms with Crippen LogP contribution in [0.4, 0.5) is 0 Å². The first-order valence-electron chi connectivity index (χ1n) is 5.38. The van der Waals surface area contributed by atoms with Crippen molar-refractivity contribution >= 4 is 5.97 Å². The van der Waals surface area contributed by atoms with E-state index in [0.717, 1.165) is 11.3 Å². The predicted molar refractivity (Wildman–Crippen MR) is 62.4 cm³/mol. The van der Waals surface area contributed by atoms with Gasteiger partial charge in [-0.25, -0.2) is 0 Å². The number of benzene rings is 1. The summed E-state index contributed by atoms with van der Waals surface area (Å²) in [6, 6.07) is 7.58. The fourth-order valence-corrected chi connectivity index (χ4v) is 1.54. The second kappa shape index (κ2) is 5.01. The minimum absolute atomic E-state index is 0.279. The Balaban J connectivity index is 2.83. The summed E-state index contributed by atoms with van der Waals surface area (Å²) in [6.45, 7) is 7.73. The number of carbonyl (C=O) groups is 1. The largest absolute Gasteiger partial charge is 0.494 e. The summed E-state index contributed by atoms with van der Waals surface area (Å²) in [5.74, 6) is 0.545. The molecule has 1 aromatic carbocycles. The van der Waals surface area contributed by atoms with Crippen LogP contribution >= 0.6 is 0 Å². The van der Waals surface area contributed by atoms with Crippen LogP contribution in [0, 0.1) is 0 Å².